The Kier molecular flexibility index (Phi) is 3.25. The Morgan fingerprint density at radius 3 is 2.68 bits per heavy atom. The first kappa shape index (κ1) is 12.9. The van der Waals surface area contributed by atoms with Gasteiger partial charge in [0, 0.05) is 26.1 Å². The van der Waals surface area contributed by atoms with Crippen LogP contribution in [-0.4, -0.2) is 49.1 Å². The van der Waals surface area contributed by atoms with Crippen molar-refractivity contribution in [1.29, 1.82) is 0 Å². The van der Waals surface area contributed by atoms with Crippen LogP contribution in [0.5, 0.6) is 0 Å². The maximum absolute atomic E-state index is 12.4. The van der Waals surface area contributed by atoms with Gasteiger partial charge in [0.1, 0.15) is 0 Å². The molecule has 5 heteroatoms. The van der Waals surface area contributed by atoms with Gasteiger partial charge in [0.15, 0.2) is 0 Å². The van der Waals surface area contributed by atoms with Gasteiger partial charge in [0.05, 0.1) is 18.6 Å². The van der Waals surface area contributed by atoms with Gasteiger partial charge >= 0.3 is 0 Å². The van der Waals surface area contributed by atoms with Crippen LogP contribution < -0.4 is 5.32 Å². The number of likely N-dealkylation sites (tertiary alicyclic amines) is 1. The van der Waals surface area contributed by atoms with Gasteiger partial charge in [0.2, 0.25) is 11.8 Å². The van der Waals surface area contributed by atoms with Gasteiger partial charge in [-0.25, -0.2) is 0 Å². The molecule has 2 atom stereocenters. The number of nitrogens with one attached hydrogen (secondary N) is 1. The average Bonchev–Trinajstić information content (AvgIpc) is 2.97. The first-order valence-electron chi connectivity index (χ1n) is 7.25. The largest absolute Gasteiger partial charge is 0.378 e. The summed E-state index contributed by atoms with van der Waals surface area (Å²) in [6.07, 6.45) is 3.59. The van der Waals surface area contributed by atoms with Gasteiger partial charge in [-0.1, -0.05) is 0 Å². The van der Waals surface area contributed by atoms with E-state index >= 15 is 0 Å². The van der Waals surface area contributed by atoms with E-state index in [0.717, 1.165) is 38.9 Å². The van der Waals surface area contributed by atoms with Crippen LogP contribution in [0.1, 0.15) is 32.6 Å². The molecule has 3 aliphatic rings. The highest BCUT2D eigenvalue weighted by Gasteiger charge is 2.42. The zero-order valence-electron chi connectivity index (χ0n) is 11.5. The highest BCUT2D eigenvalue weighted by molar-refractivity contribution is 5.80. The van der Waals surface area contributed by atoms with Crippen LogP contribution in [-0.2, 0) is 14.3 Å². The molecule has 1 spiro atoms. The molecule has 3 heterocycles. The van der Waals surface area contributed by atoms with Crippen molar-refractivity contribution in [1.82, 2.24) is 10.2 Å². The van der Waals surface area contributed by atoms with Crippen molar-refractivity contribution < 1.29 is 14.3 Å². The summed E-state index contributed by atoms with van der Waals surface area (Å²) >= 11 is 0. The molecule has 0 radical (unpaired) electrons. The molecule has 3 saturated heterocycles. The van der Waals surface area contributed by atoms with Crippen LogP contribution >= 0.6 is 0 Å². The minimum atomic E-state index is 0.0485. The van der Waals surface area contributed by atoms with E-state index in [9.17, 15) is 9.59 Å². The van der Waals surface area contributed by atoms with Gasteiger partial charge in [-0.15, -0.1) is 0 Å². The Bertz CT molecular complexity index is 388. The molecule has 3 fully saturated rings. The third kappa shape index (κ3) is 2.48. The predicted octanol–water partition coefficient (Wildman–Crippen LogP) is 0.540. The lowest BCUT2D eigenvalue weighted by molar-refractivity contribution is -0.137. The van der Waals surface area contributed by atoms with E-state index in [1.807, 2.05) is 11.8 Å². The summed E-state index contributed by atoms with van der Waals surface area (Å²) in [5, 5.41) is 2.92. The van der Waals surface area contributed by atoms with Crippen molar-refractivity contribution in [2.75, 3.05) is 26.2 Å². The predicted molar refractivity (Wildman–Crippen MR) is 69.4 cm³/mol. The first-order valence-corrected chi connectivity index (χ1v) is 7.25. The molecule has 0 bridgehead atoms. The van der Waals surface area contributed by atoms with Crippen molar-refractivity contribution >= 4 is 11.8 Å². The molecule has 106 valence electrons. The molecule has 0 aromatic rings. The minimum Gasteiger partial charge on any atom is -0.378 e. The Labute approximate surface area is 113 Å². The fraction of sp³-hybridized carbons (Fsp3) is 0.857. The second-order valence-corrected chi connectivity index (χ2v) is 6.36. The molecule has 0 aromatic heterocycles. The SMILES string of the molecule is CC1CC(C(=O)N2CCC3(CC2)CNC(=O)C3)CO1. The highest BCUT2D eigenvalue weighted by atomic mass is 16.5. The standard InChI is InChI=1S/C14H22N2O3/c1-10-6-11(8-19-10)13(18)16-4-2-14(3-5-16)7-12(17)15-9-14/h10-11H,2-9H2,1H3,(H,15,17). The van der Waals surface area contributed by atoms with Crippen molar-refractivity contribution in [2.45, 2.75) is 38.7 Å². The van der Waals surface area contributed by atoms with Crippen LogP contribution in [0.3, 0.4) is 0 Å². The second-order valence-electron chi connectivity index (χ2n) is 6.36. The minimum absolute atomic E-state index is 0.0485. The Hall–Kier alpha value is -1.10. The zero-order valence-corrected chi connectivity index (χ0v) is 11.5. The number of amides is 2. The van der Waals surface area contributed by atoms with Crippen LogP contribution in [0.4, 0.5) is 0 Å². The fourth-order valence-electron chi connectivity index (χ4n) is 3.55. The Morgan fingerprint density at radius 1 is 1.42 bits per heavy atom. The normalized spacial score (nSPS) is 33.7. The quantitative estimate of drug-likeness (QED) is 0.753. The van der Waals surface area contributed by atoms with E-state index in [2.05, 4.69) is 5.32 Å². The number of nitrogens with zero attached hydrogens (tertiary/aromatic N) is 1. The van der Waals surface area contributed by atoms with Crippen molar-refractivity contribution in [3.05, 3.63) is 0 Å². The monoisotopic (exact) mass is 266 g/mol. The maximum atomic E-state index is 12.4. The van der Waals surface area contributed by atoms with E-state index in [4.69, 9.17) is 4.74 Å². The summed E-state index contributed by atoms with van der Waals surface area (Å²) in [5.74, 6) is 0.460. The highest BCUT2D eigenvalue weighted by Crippen LogP contribution is 2.38. The van der Waals surface area contributed by atoms with Crippen molar-refractivity contribution in [3.63, 3.8) is 0 Å². The van der Waals surface area contributed by atoms with Crippen LogP contribution in [0, 0.1) is 11.3 Å². The van der Waals surface area contributed by atoms with Gasteiger partial charge in [0.25, 0.3) is 0 Å². The van der Waals surface area contributed by atoms with E-state index < -0.39 is 0 Å². The molecule has 2 unspecified atom stereocenters. The number of hydrogen-bond donors (Lipinski definition) is 1. The molecular formula is C14H22N2O3. The molecule has 3 rings (SSSR count). The van der Waals surface area contributed by atoms with Gasteiger partial charge in [-0.3, -0.25) is 9.59 Å². The summed E-state index contributed by atoms with van der Waals surface area (Å²) in [7, 11) is 0. The molecule has 3 aliphatic heterocycles. The van der Waals surface area contributed by atoms with Crippen molar-refractivity contribution in [2.24, 2.45) is 11.3 Å². The van der Waals surface area contributed by atoms with Crippen LogP contribution in [0.15, 0.2) is 0 Å². The maximum Gasteiger partial charge on any atom is 0.228 e. The summed E-state index contributed by atoms with van der Waals surface area (Å²) in [6, 6.07) is 0. The van der Waals surface area contributed by atoms with E-state index in [1.54, 1.807) is 0 Å². The number of ether oxygens (including phenoxy) is 1. The third-order valence-corrected chi connectivity index (χ3v) is 4.88. The molecule has 2 amide bonds. The summed E-state index contributed by atoms with van der Waals surface area (Å²) in [5.41, 5.74) is 0.118. The van der Waals surface area contributed by atoms with E-state index in [1.165, 1.54) is 0 Å². The average molecular weight is 266 g/mol. The molecule has 0 aliphatic carbocycles. The zero-order chi connectivity index (χ0) is 13.5. The van der Waals surface area contributed by atoms with E-state index in [0.29, 0.717) is 13.0 Å². The lowest BCUT2D eigenvalue weighted by Gasteiger charge is -2.39. The summed E-state index contributed by atoms with van der Waals surface area (Å²) < 4.78 is 5.48. The topological polar surface area (TPSA) is 58.6 Å². The van der Waals surface area contributed by atoms with E-state index in [-0.39, 0.29) is 29.3 Å². The summed E-state index contributed by atoms with van der Waals surface area (Å²) in [6.45, 7) is 4.96. The summed E-state index contributed by atoms with van der Waals surface area (Å²) in [4.78, 5) is 25.7. The molecule has 0 aromatic carbocycles. The lowest BCUT2D eigenvalue weighted by atomic mass is 9.77. The first-order chi connectivity index (χ1) is 9.08. The molecule has 19 heavy (non-hydrogen) atoms. The van der Waals surface area contributed by atoms with Gasteiger partial charge in [-0.2, -0.15) is 0 Å². The van der Waals surface area contributed by atoms with Crippen LogP contribution in [0.2, 0.25) is 0 Å². The van der Waals surface area contributed by atoms with Crippen molar-refractivity contribution in [3.8, 4) is 0 Å². The number of carbonyl (C=O) groups is 2. The molecule has 0 saturated carbocycles. The number of hydrogen-bond acceptors (Lipinski definition) is 3. The van der Waals surface area contributed by atoms with Crippen LogP contribution in [0.25, 0.3) is 0 Å². The van der Waals surface area contributed by atoms with Gasteiger partial charge in [-0.05, 0) is 31.6 Å². The Morgan fingerprint density at radius 2 is 2.16 bits per heavy atom. The lowest BCUT2D eigenvalue weighted by Crippen LogP contribution is -2.46. The number of carbonyl (C=O) groups excluding carboxylic acids is 2. The molecule has 5 nitrogen and oxygen atoms in total. The fourth-order valence-corrected chi connectivity index (χ4v) is 3.55. The molecular weight excluding hydrogens is 244 g/mol. The Balaban J connectivity index is 1.55. The number of piperidine rings is 1. The number of rotatable bonds is 1. The van der Waals surface area contributed by atoms with Gasteiger partial charge < -0.3 is 15.0 Å². The third-order valence-electron chi connectivity index (χ3n) is 4.88. The smallest absolute Gasteiger partial charge is 0.228 e. The molecule has 1 N–H and O–H groups in total. The second kappa shape index (κ2) is 4.78.